The summed E-state index contributed by atoms with van der Waals surface area (Å²) in [5, 5.41) is 16.7. The fourth-order valence-electron chi connectivity index (χ4n) is 1.75. The number of hydrogen-bond donors (Lipinski definition) is 1. The number of aryl methyl sites for hydroxylation is 2. The first-order chi connectivity index (χ1) is 11.0. The topological polar surface area (TPSA) is 93.8 Å². The first kappa shape index (κ1) is 16.6. The summed E-state index contributed by atoms with van der Waals surface area (Å²) in [5.74, 6) is -0.445. The molecule has 0 aliphatic rings. The van der Waals surface area contributed by atoms with Gasteiger partial charge in [-0.2, -0.15) is 5.10 Å². The van der Waals surface area contributed by atoms with Gasteiger partial charge in [-0.1, -0.05) is 6.07 Å². The highest BCUT2D eigenvalue weighted by atomic mass is 32.1. The fourth-order valence-corrected chi connectivity index (χ4v) is 2.53. The van der Waals surface area contributed by atoms with Gasteiger partial charge in [0.05, 0.1) is 11.1 Å². The van der Waals surface area contributed by atoms with Gasteiger partial charge in [0, 0.05) is 10.9 Å². The Bertz CT molecular complexity index is 755. The number of benzene rings is 1. The number of hydrazone groups is 1. The lowest BCUT2D eigenvalue weighted by atomic mass is 10.2. The fraction of sp³-hybridized carbons (Fsp3) is 0.200. The summed E-state index contributed by atoms with van der Waals surface area (Å²) in [6.07, 6.45) is 1.55. The van der Waals surface area contributed by atoms with Crippen LogP contribution in [0.25, 0.3) is 0 Å². The van der Waals surface area contributed by atoms with Crippen molar-refractivity contribution in [3.8, 4) is 5.75 Å². The van der Waals surface area contributed by atoms with Crippen LogP contribution in [-0.2, 0) is 4.79 Å². The van der Waals surface area contributed by atoms with Crippen molar-refractivity contribution in [1.82, 2.24) is 5.43 Å². The molecule has 0 fully saturated rings. The van der Waals surface area contributed by atoms with Gasteiger partial charge in [-0.25, -0.2) is 5.43 Å². The number of hydrogen-bond acceptors (Lipinski definition) is 6. The number of nitro groups is 1. The Hall–Kier alpha value is -2.74. The summed E-state index contributed by atoms with van der Waals surface area (Å²) >= 11 is 1.51. The number of amides is 1. The number of nitrogens with one attached hydrogen (secondary N) is 1. The van der Waals surface area contributed by atoms with Crippen LogP contribution in [0.2, 0.25) is 0 Å². The van der Waals surface area contributed by atoms with Crippen molar-refractivity contribution in [3.05, 3.63) is 55.8 Å². The lowest BCUT2D eigenvalue weighted by molar-refractivity contribution is -0.385. The summed E-state index contributed by atoms with van der Waals surface area (Å²) in [7, 11) is 0. The van der Waals surface area contributed by atoms with Gasteiger partial charge in [0.1, 0.15) is 0 Å². The first-order valence-corrected chi connectivity index (χ1v) is 7.59. The van der Waals surface area contributed by atoms with Crippen molar-refractivity contribution in [1.29, 1.82) is 0 Å². The molecule has 0 saturated carbocycles. The maximum atomic E-state index is 11.7. The van der Waals surface area contributed by atoms with E-state index < -0.39 is 10.8 Å². The largest absolute Gasteiger partial charge is 0.477 e. The molecule has 0 atom stereocenters. The molecule has 23 heavy (non-hydrogen) atoms. The first-order valence-electron chi connectivity index (χ1n) is 6.71. The molecule has 0 radical (unpaired) electrons. The Morgan fingerprint density at radius 2 is 2.22 bits per heavy atom. The number of thiophene rings is 1. The highest BCUT2D eigenvalue weighted by molar-refractivity contribution is 7.11. The molecule has 0 spiro atoms. The minimum Gasteiger partial charge on any atom is -0.477 e. The highest BCUT2D eigenvalue weighted by Gasteiger charge is 2.16. The summed E-state index contributed by atoms with van der Waals surface area (Å²) in [5.41, 5.74) is 3.96. The second kappa shape index (κ2) is 7.50. The van der Waals surface area contributed by atoms with E-state index in [0.29, 0.717) is 0 Å². The van der Waals surface area contributed by atoms with E-state index in [2.05, 4.69) is 10.5 Å². The third kappa shape index (κ3) is 4.62. The van der Waals surface area contributed by atoms with Crippen LogP contribution in [0.15, 0.2) is 34.7 Å². The maximum Gasteiger partial charge on any atom is 0.311 e. The second-order valence-corrected chi connectivity index (χ2v) is 5.73. The van der Waals surface area contributed by atoms with Crippen LogP contribution >= 0.6 is 11.3 Å². The lowest BCUT2D eigenvalue weighted by Crippen LogP contribution is -2.24. The van der Waals surface area contributed by atoms with Crippen molar-refractivity contribution < 1.29 is 14.5 Å². The van der Waals surface area contributed by atoms with E-state index >= 15 is 0 Å². The van der Waals surface area contributed by atoms with E-state index in [1.165, 1.54) is 23.5 Å². The summed E-state index contributed by atoms with van der Waals surface area (Å²) in [6.45, 7) is 3.33. The molecule has 7 nitrogen and oxygen atoms in total. The van der Waals surface area contributed by atoms with Crippen LogP contribution in [0.3, 0.4) is 0 Å². The molecule has 0 aliphatic carbocycles. The molecule has 1 aromatic heterocycles. The van der Waals surface area contributed by atoms with Crippen LogP contribution in [0.4, 0.5) is 5.69 Å². The molecule has 1 aromatic carbocycles. The molecule has 1 heterocycles. The molecule has 120 valence electrons. The molecule has 1 N–H and O–H groups in total. The highest BCUT2D eigenvalue weighted by Crippen LogP contribution is 2.27. The predicted octanol–water partition coefficient (Wildman–Crippen LogP) is 2.80. The van der Waals surface area contributed by atoms with Gasteiger partial charge in [-0.15, -0.1) is 11.3 Å². The van der Waals surface area contributed by atoms with Crippen LogP contribution in [0.5, 0.6) is 5.75 Å². The Labute approximate surface area is 136 Å². The standard InChI is InChI=1S/C15H15N3O4S/c1-10-3-4-13(12(7-10)18(20)21)22-9-15(19)17-16-8-14-11(2)5-6-23-14/h3-8H,9H2,1-2H3,(H,17,19)/b16-8-. The van der Waals surface area contributed by atoms with Crippen LogP contribution in [-0.4, -0.2) is 23.7 Å². The number of carbonyl (C=O) groups is 1. The number of ether oxygens (including phenoxy) is 1. The smallest absolute Gasteiger partial charge is 0.311 e. The Morgan fingerprint density at radius 3 is 2.87 bits per heavy atom. The van der Waals surface area contributed by atoms with Crippen molar-refractivity contribution in [3.63, 3.8) is 0 Å². The van der Waals surface area contributed by atoms with Crippen molar-refractivity contribution in [2.45, 2.75) is 13.8 Å². The van der Waals surface area contributed by atoms with Crippen LogP contribution in [0, 0.1) is 24.0 Å². The van der Waals surface area contributed by atoms with E-state index in [9.17, 15) is 14.9 Å². The number of nitro benzene ring substituents is 1. The van der Waals surface area contributed by atoms with Gasteiger partial charge in [0.25, 0.3) is 5.91 Å². The Morgan fingerprint density at radius 1 is 1.43 bits per heavy atom. The van der Waals surface area contributed by atoms with Gasteiger partial charge in [0.2, 0.25) is 0 Å². The minimum absolute atomic E-state index is 0.0498. The van der Waals surface area contributed by atoms with Crippen LogP contribution in [0.1, 0.15) is 16.0 Å². The quantitative estimate of drug-likeness (QED) is 0.499. The third-order valence-corrected chi connectivity index (χ3v) is 3.90. The maximum absolute atomic E-state index is 11.7. The normalized spacial score (nSPS) is 10.7. The van der Waals surface area contributed by atoms with E-state index in [0.717, 1.165) is 16.0 Å². The average Bonchev–Trinajstić information content (AvgIpc) is 2.91. The average molecular weight is 333 g/mol. The monoisotopic (exact) mass is 333 g/mol. The SMILES string of the molecule is Cc1ccc(OCC(=O)N/N=C\c2sccc2C)c([N+](=O)[O-])c1. The molecule has 0 unspecified atom stereocenters. The van der Waals surface area contributed by atoms with Gasteiger partial charge in [-0.3, -0.25) is 14.9 Å². The van der Waals surface area contributed by atoms with Crippen LogP contribution < -0.4 is 10.2 Å². The summed E-state index contributed by atoms with van der Waals surface area (Å²) in [6, 6.07) is 6.50. The molecule has 0 aliphatic heterocycles. The number of nitrogens with zero attached hydrogens (tertiary/aromatic N) is 2. The van der Waals surface area contributed by atoms with E-state index in [-0.39, 0.29) is 18.0 Å². The molecule has 2 aromatic rings. The van der Waals surface area contributed by atoms with Gasteiger partial charge < -0.3 is 4.74 Å². The van der Waals surface area contributed by atoms with Crippen molar-refractivity contribution in [2.24, 2.45) is 5.10 Å². The number of rotatable bonds is 6. The number of carbonyl (C=O) groups excluding carboxylic acids is 1. The summed E-state index contributed by atoms with van der Waals surface area (Å²) < 4.78 is 5.20. The van der Waals surface area contributed by atoms with Gasteiger partial charge >= 0.3 is 5.69 Å². The molecule has 8 heteroatoms. The Kier molecular flexibility index (Phi) is 5.42. The molecular weight excluding hydrogens is 318 g/mol. The zero-order chi connectivity index (χ0) is 16.8. The van der Waals surface area contributed by atoms with E-state index in [1.54, 1.807) is 19.2 Å². The van der Waals surface area contributed by atoms with Gasteiger partial charge in [0.15, 0.2) is 12.4 Å². The van der Waals surface area contributed by atoms with E-state index in [4.69, 9.17) is 4.74 Å². The predicted molar refractivity (Wildman–Crippen MR) is 88.1 cm³/mol. The zero-order valence-corrected chi connectivity index (χ0v) is 13.4. The third-order valence-electron chi connectivity index (χ3n) is 2.94. The van der Waals surface area contributed by atoms with Crippen molar-refractivity contribution in [2.75, 3.05) is 6.61 Å². The van der Waals surface area contributed by atoms with Crippen molar-refractivity contribution >= 4 is 29.1 Å². The molecule has 2 rings (SSSR count). The molecular formula is C15H15N3O4S. The lowest BCUT2D eigenvalue weighted by Gasteiger charge is -2.06. The molecule has 0 bridgehead atoms. The van der Waals surface area contributed by atoms with Gasteiger partial charge in [-0.05, 0) is 42.5 Å². The zero-order valence-electron chi connectivity index (χ0n) is 12.6. The van der Waals surface area contributed by atoms with E-state index in [1.807, 2.05) is 18.4 Å². The minimum atomic E-state index is -0.544. The molecule has 0 saturated heterocycles. The Balaban J connectivity index is 1.91. The summed E-state index contributed by atoms with van der Waals surface area (Å²) in [4.78, 5) is 23.0. The molecule has 1 amide bonds. The second-order valence-electron chi connectivity index (χ2n) is 4.78.